The smallest absolute Gasteiger partial charge is 0.217 e. The van der Waals surface area contributed by atoms with Gasteiger partial charge in [-0.05, 0) is 32.5 Å². The third kappa shape index (κ3) is 2.96. The van der Waals surface area contributed by atoms with Crippen LogP contribution in [0.5, 0.6) is 5.88 Å². The van der Waals surface area contributed by atoms with Crippen LogP contribution >= 0.6 is 0 Å². The van der Waals surface area contributed by atoms with Gasteiger partial charge in [0.2, 0.25) is 5.88 Å². The van der Waals surface area contributed by atoms with Crippen molar-refractivity contribution in [3.05, 3.63) is 23.9 Å². The summed E-state index contributed by atoms with van der Waals surface area (Å²) in [6.45, 7) is 3.16. The number of aromatic nitrogens is 1. The number of rotatable bonds is 5. The number of hydrogen-bond acceptors (Lipinski definition) is 4. The van der Waals surface area contributed by atoms with Crippen molar-refractivity contribution in [1.82, 2.24) is 15.2 Å². The van der Waals surface area contributed by atoms with Crippen LogP contribution in [0, 0.1) is 0 Å². The Morgan fingerprint density at radius 2 is 2.47 bits per heavy atom. The van der Waals surface area contributed by atoms with Crippen LogP contribution in [0.25, 0.3) is 0 Å². The summed E-state index contributed by atoms with van der Waals surface area (Å²) in [6.07, 6.45) is 4.34. The van der Waals surface area contributed by atoms with Gasteiger partial charge < -0.3 is 10.1 Å². The van der Waals surface area contributed by atoms with Crippen LogP contribution in [-0.2, 0) is 6.54 Å². The first-order valence-corrected chi connectivity index (χ1v) is 6.21. The summed E-state index contributed by atoms with van der Waals surface area (Å²) < 4.78 is 5.30. The molecule has 4 heteroatoms. The molecule has 2 heterocycles. The van der Waals surface area contributed by atoms with Crippen LogP contribution in [0.4, 0.5) is 0 Å². The van der Waals surface area contributed by atoms with E-state index in [0.29, 0.717) is 6.04 Å². The van der Waals surface area contributed by atoms with Gasteiger partial charge in [-0.2, -0.15) is 0 Å². The molecule has 1 aromatic rings. The summed E-state index contributed by atoms with van der Waals surface area (Å²) in [4.78, 5) is 6.76. The van der Waals surface area contributed by atoms with Crippen molar-refractivity contribution in [2.75, 3.05) is 27.2 Å². The van der Waals surface area contributed by atoms with Crippen LogP contribution in [0.3, 0.4) is 0 Å². The Bertz CT molecular complexity index is 356. The lowest BCUT2D eigenvalue weighted by Crippen LogP contribution is -2.36. The van der Waals surface area contributed by atoms with E-state index < -0.39 is 0 Å². The predicted octanol–water partition coefficient (Wildman–Crippen LogP) is 1.27. The van der Waals surface area contributed by atoms with Gasteiger partial charge in [0.25, 0.3) is 0 Å². The highest BCUT2D eigenvalue weighted by Crippen LogP contribution is 2.22. The van der Waals surface area contributed by atoms with E-state index in [-0.39, 0.29) is 0 Å². The molecular weight excluding hydrogens is 214 g/mol. The maximum Gasteiger partial charge on any atom is 0.217 e. The molecule has 1 aromatic heterocycles. The van der Waals surface area contributed by atoms with Gasteiger partial charge in [-0.1, -0.05) is 6.07 Å². The fourth-order valence-electron chi connectivity index (χ4n) is 2.52. The molecule has 0 saturated carbocycles. The molecule has 1 N–H and O–H groups in total. The molecule has 2 rings (SSSR count). The summed E-state index contributed by atoms with van der Waals surface area (Å²) in [6, 6.07) is 4.71. The first kappa shape index (κ1) is 12.3. The highest BCUT2D eigenvalue weighted by atomic mass is 16.5. The molecule has 17 heavy (non-hydrogen) atoms. The monoisotopic (exact) mass is 235 g/mol. The van der Waals surface area contributed by atoms with Gasteiger partial charge in [-0.3, -0.25) is 4.90 Å². The number of likely N-dealkylation sites (N-methyl/N-ethyl adjacent to an activating group) is 1. The molecule has 4 nitrogen and oxygen atoms in total. The van der Waals surface area contributed by atoms with E-state index in [2.05, 4.69) is 21.3 Å². The molecule has 0 aliphatic carbocycles. The van der Waals surface area contributed by atoms with Crippen molar-refractivity contribution in [3.8, 4) is 5.88 Å². The lowest BCUT2D eigenvalue weighted by atomic mass is 10.2. The highest BCUT2D eigenvalue weighted by molar-refractivity contribution is 5.25. The molecule has 1 aliphatic heterocycles. The maximum absolute atomic E-state index is 5.30. The summed E-state index contributed by atoms with van der Waals surface area (Å²) in [5.74, 6) is 0.752. The third-order valence-corrected chi connectivity index (χ3v) is 3.36. The lowest BCUT2D eigenvalue weighted by molar-refractivity contribution is 0.238. The van der Waals surface area contributed by atoms with Crippen LogP contribution in [0.2, 0.25) is 0 Å². The van der Waals surface area contributed by atoms with Crippen LogP contribution in [-0.4, -0.2) is 43.2 Å². The minimum atomic E-state index is 0.643. The number of nitrogens with zero attached hydrogens (tertiary/aromatic N) is 2. The van der Waals surface area contributed by atoms with Gasteiger partial charge >= 0.3 is 0 Å². The zero-order valence-electron chi connectivity index (χ0n) is 10.6. The van der Waals surface area contributed by atoms with Gasteiger partial charge in [-0.25, -0.2) is 4.98 Å². The number of hydrogen-bond donors (Lipinski definition) is 1. The van der Waals surface area contributed by atoms with E-state index >= 15 is 0 Å². The Morgan fingerprint density at radius 3 is 3.24 bits per heavy atom. The van der Waals surface area contributed by atoms with Crippen LogP contribution < -0.4 is 10.1 Å². The standard InChI is InChI=1S/C13H21N3O/c1-14-9-12-6-4-8-16(12)10-11-5-3-7-15-13(11)17-2/h3,5,7,12,14H,4,6,8-10H2,1-2H3. The number of nitrogens with one attached hydrogen (secondary N) is 1. The summed E-state index contributed by atoms with van der Waals surface area (Å²) in [5.41, 5.74) is 1.18. The molecule has 0 amide bonds. The first-order chi connectivity index (χ1) is 8.35. The molecule has 0 spiro atoms. The molecule has 1 fully saturated rings. The minimum Gasteiger partial charge on any atom is -0.481 e. The summed E-state index contributed by atoms with van der Waals surface area (Å²) in [7, 11) is 3.70. The van der Waals surface area contributed by atoms with Gasteiger partial charge in [0, 0.05) is 30.9 Å². The second kappa shape index (κ2) is 5.98. The van der Waals surface area contributed by atoms with Crippen molar-refractivity contribution in [3.63, 3.8) is 0 Å². The Hall–Kier alpha value is -1.13. The predicted molar refractivity (Wildman–Crippen MR) is 68.1 cm³/mol. The van der Waals surface area contributed by atoms with Crippen LogP contribution in [0.1, 0.15) is 18.4 Å². The van der Waals surface area contributed by atoms with Crippen molar-refractivity contribution >= 4 is 0 Å². The Balaban J connectivity index is 2.04. The molecule has 0 aromatic carbocycles. The van der Waals surface area contributed by atoms with E-state index in [0.717, 1.165) is 19.0 Å². The van der Waals surface area contributed by atoms with Gasteiger partial charge in [-0.15, -0.1) is 0 Å². The fraction of sp³-hybridized carbons (Fsp3) is 0.615. The molecule has 94 valence electrons. The van der Waals surface area contributed by atoms with Gasteiger partial charge in [0.15, 0.2) is 0 Å². The van der Waals surface area contributed by atoms with E-state index in [4.69, 9.17) is 4.74 Å². The molecule has 0 radical (unpaired) electrons. The lowest BCUT2D eigenvalue weighted by Gasteiger charge is -2.24. The second-order valence-electron chi connectivity index (χ2n) is 4.50. The number of likely N-dealkylation sites (tertiary alicyclic amines) is 1. The number of methoxy groups -OCH3 is 1. The first-order valence-electron chi connectivity index (χ1n) is 6.21. The Labute approximate surface area is 103 Å². The van der Waals surface area contributed by atoms with E-state index in [9.17, 15) is 0 Å². The zero-order chi connectivity index (χ0) is 12.1. The molecule has 1 saturated heterocycles. The zero-order valence-corrected chi connectivity index (χ0v) is 10.6. The number of ether oxygens (including phenoxy) is 1. The topological polar surface area (TPSA) is 37.4 Å². The van der Waals surface area contributed by atoms with Gasteiger partial charge in [0.05, 0.1) is 7.11 Å². The van der Waals surface area contributed by atoms with E-state index in [1.54, 1.807) is 13.3 Å². The Morgan fingerprint density at radius 1 is 1.59 bits per heavy atom. The number of pyridine rings is 1. The van der Waals surface area contributed by atoms with Crippen molar-refractivity contribution in [2.24, 2.45) is 0 Å². The highest BCUT2D eigenvalue weighted by Gasteiger charge is 2.24. The van der Waals surface area contributed by atoms with Crippen molar-refractivity contribution in [2.45, 2.75) is 25.4 Å². The summed E-state index contributed by atoms with van der Waals surface area (Å²) in [5, 5.41) is 3.27. The average Bonchev–Trinajstić information content (AvgIpc) is 2.78. The van der Waals surface area contributed by atoms with E-state index in [1.165, 1.54) is 24.9 Å². The molecular formula is C13H21N3O. The molecule has 1 aliphatic rings. The maximum atomic E-state index is 5.30. The van der Waals surface area contributed by atoms with E-state index in [1.807, 2.05) is 13.1 Å². The minimum absolute atomic E-state index is 0.643. The largest absolute Gasteiger partial charge is 0.481 e. The van der Waals surface area contributed by atoms with Crippen molar-refractivity contribution in [1.29, 1.82) is 0 Å². The van der Waals surface area contributed by atoms with Crippen molar-refractivity contribution < 1.29 is 4.74 Å². The summed E-state index contributed by atoms with van der Waals surface area (Å²) >= 11 is 0. The SMILES string of the molecule is CNCC1CCCN1Cc1cccnc1OC. The molecule has 1 unspecified atom stereocenters. The fourth-order valence-corrected chi connectivity index (χ4v) is 2.52. The normalized spacial score (nSPS) is 20.7. The quantitative estimate of drug-likeness (QED) is 0.834. The third-order valence-electron chi connectivity index (χ3n) is 3.36. The second-order valence-corrected chi connectivity index (χ2v) is 4.50. The molecule has 1 atom stereocenters. The average molecular weight is 235 g/mol. The molecule has 0 bridgehead atoms. The van der Waals surface area contributed by atoms with Crippen LogP contribution in [0.15, 0.2) is 18.3 Å². The van der Waals surface area contributed by atoms with Gasteiger partial charge in [0.1, 0.15) is 0 Å². The Kier molecular flexibility index (Phi) is 4.34.